The van der Waals surface area contributed by atoms with Gasteiger partial charge in [0.2, 0.25) is 0 Å². The van der Waals surface area contributed by atoms with Gasteiger partial charge < -0.3 is 5.73 Å². The average Bonchev–Trinajstić information content (AvgIpc) is 2.19. The second-order valence-electron chi connectivity index (χ2n) is 3.88. The SMILES string of the molecule is Cl.N[C@@H]1CCCN(Cc2cncnc2)C1. The van der Waals surface area contributed by atoms with Gasteiger partial charge in [-0.3, -0.25) is 4.90 Å². The van der Waals surface area contributed by atoms with Gasteiger partial charge in [-0.1, -0.05) is 0 Å². The van der Waals surface area contributed by atoms with Gasteiger partial charge in [-0.2, -0.15) is 0 Å². The first kappa shape index (κ1) is 12.4. The highest BCUT2D eigenvalue weighted by Gasteiger charge is 2.16. The maximum absolute atomic E-state index is 5.91. The second kappa shape index (κ2) is 6.00. The highest BCUT2D eigenvalue weighted by atomic mass is 35.5. The lowest BCUT2D eigenvalue weighted by atomic mass is 10.1. The van der Waals surface area contributed by atoms with E-state index in [9.17, 15) is 0 Å². The molecule has 1 aliphatic rings. The molecule has 0 radical (unpaired) electrons. The molecule has 4 nitrogen and oxygen atoms in total. The summed E-state index contributed by atoms with van der Waals surface area (Å²) >= 11 is 0. The molecule has 84 valence electrons. The van der Waals surface area contributed by atoms with Gasteiger partial charge in [-0.25, -0.2) is 9.97 Å². The topological polar surface area (TPSA) is 55.0 Å². The summed E-state index contributed by atoms with van der Waals surface area (Å²) in [5, 5.41) is 0. The predicted octanol–water partition coefficient (Wildman–Crippen LogP) is 0.822. The van der Waals surface area contributed by atoms with Crippen LogP contribution in [0.4, 0.5) is 0 Å². The Kier molecular flexibility index (Phi) is 4.94. The third kappa shape index (κ3) is 3.74. The van der Waals surface area contributed by atoms with Gasteiger partial charge >= 0.3 is 0 Å². The fourth-order valence-corrected chi connectivity index (χ4v) is 1.90. The van der Waals surface area contributed by atoms with E-state index in [0.29, 0.717) is 6.04 Å². The van der Waals surface area contributed by atoms with E-state index >= 15 is 0 Å². The van der Waals surface area contributed by atoms with Gasteiger partial charge in [-0.05, 0) is 19.4 Å². The van der Waals surface area contributed by atoms with Gasteiger partial charge in [0.1, 0.15) is 6.33 Å². The molecule has 0 unspecified atom stereocenters. The van der Waals surface area contributed by atoms with E-state index in [-0.39, 0.29) is 12.4 Å². The molecule has 5 heteroatoms. The smallest absolute Gasteiger partial charge is 0.115 e. The van der Waals surface area contributed by atoms with E-state index in [2.05, 4.69) is 14.9 Å². The van der Waals surface area contributed by atoms with Crippen molar-refractivity contribution in [3.63, 3.8) is 0 Å². The number of nitrogens with zero attached hydrogens (tertiary/aromatic N) is 3. The minimum absolute atomic E-state index is 0. The van der Waals surface area contributed by atoms with Crippen molar-refractivity contribution in [3.05, 3.63) is 24.3 Å². The molecule has 15 heavy (non-hydrogen) atoms. The molecule has 0 bridgehead atoms. The first-order valence-corrected chi connectivity index (χ1v) is 5.06. The van der Waals surface area contributed by atoms with Gasteiger partial charge in [0.25, 0.3) is 0 Å². The maximum Gasteiger partial charge on any atom is 0.115 e. The molecule has 2 N–H and O–H groups in total. The second-order valence-corrected chi connectivity index (χ2v) is 3.88. The number of piperidine rings is 1. The molecule has 1 aromatic rings. The Labute approximate surface area is 96.3 Å². The molecule has 2 rings (SSSR count). The molecule has 1 fully saturated rings. The van der Waals surface area contributed by atoms with E-state index in [0.717, 1.165) is 26.1 Å². The zero-order chi connectivity index (χ0) is 9.80. The van der Waals surface area contributed by atoms with Gasteiger partial charge in [0, 0.05) is 37.1 Å². The van der Waals surface area contributed by atoms with Crippen LogP contribution < -0.4 is 5.73 Å². The summed E-state index contributed by atoms with van der Waals surface area (Å²) in [5.74, 6) is 0. The average molecular weight is 229 g/mol. The van der Waals surface area contributed by atoms with Crippen molar-refractivity contribution in [2.75, 3.05) is 13.1 Å². The zero-order valence-corrected chi connectivity index (χ0v) is 9.49. The minimum atomic E-state index is 0. The molecular weight excluding hydrogens is 212 g/mol. The van der Waals surface area contributed by atoms with Crippen LogP contribution in [0.5, 0.6) is 0 Å². The number of hydrogen-bond acceptors (Lipinski definition) is 4. The predicted molar refractivity (Wildman–Crippen MR) is 61.8 cm³/mol. The maximum atomic E-state index is 5.91. The summed E-state index contributed by atoms with van der Waals surface area (Å²) in [5.41, 5.74) is 7.07. The van der Waals surface area contributed by atoms with Crippen LogP contribution in [-0.4, -0.2) is 34.0 Å². The van der Waals surface area contributed by atoms with Crippen LogP contribution in [0.15, 0.2) is 18.7 Å². The number of hydrogen-bond donors (Lipinski definition) is 1. The fourth-order valence-electron chi connectivity index (χ4n) is 1.90. The van der Waals surface area contributed by atoms with Crippen molar-refractivity contribution in [1.82, 2.24) is 14.9 Å². The van der Waals surface area contributed by atoms with Crippen LogP contribution in [0.2, 0.25) is 0 Å². The third-order valence-corrected chi connectivity index (χ3v) is 2.56. The molecule has 0 saturated carbocycles. The summed E-state index contributed by atoms with van der Waals surface area (Å²) in [6.07, 6.45) is 7.66. The molecular formula is C10H17ClN4. The van der Waals surface area contributed by atoms with Crippen LogP contribution in [0.25, 0.3) is 0 Å². The van der Waals surface area contributed by atoms with Gasteiger partial charge in [-0.15, -0.1) is 12.4 Å². The van der Waals surface area contributed by atoms with Crippen molar-refractivity contribution >= 4 is 12.4 Å². The van der Waals surface area contributed by atoms with Crippen molar-refractivity contribution in [3.8, 4) is 0 Å². The molecule has 1 atom stereocenters. The van der Waals surface area contributed by atoms with E-state index in [1.807, 2.05) is 12.4 Å². The summed E-state index contributed by atoms with van der Waals surface area (Å²) in [4.78, 5) is 10.4. The van der Waals surface area contributed by atoms with Crippen molar-refractivity contribution in [2.45, 2.75) is 25.4 Å². The Morgan fingerprint density at radius 2 is 2.13 bits per heavy atom. The minimum Gasteiger partial charge on any atom is -0.327 e. The standard InChI is InChI=1S/C10H16N4.ClH/c11-10-2-1-3-14(7-10)6-9-4-12-8-13-5-9;/h4-5,8,10H,1-3,6-7,11H2;1H/t10-;/m1./s1. The molecule has 1 aromatic heterocycles. The molecule has 0 aromatic carbocycles. The highest BCUT2D eigenvalue weighted by molar-refractivity contribution is 5.85. The van der Waals surface area contributed by atoms with Gasteiger partial charge in [0.15, 0.2) is 0 Å². The number of likely N-dealkylation sites (tertiary alicyclic amines) is 1. The number of halogens is 1. The molecule has 0 spiro atoms. The summed E-state index contributed by atoms with van der Waals surface area (Å²) in [6.45, 7) is 3.06. The Balaban J connectivity index is 0.00000112. The van der Waals surface area contributed by atoms with E-state index in [4.69, 9.17) is 5.73 Å². The zero-order valence-electron chi connectivity index (χ0n) is 8.67. The van der Waals surface area contributed by atoms with Crippen LogP contribution in [0, 0.1) is 0 Å². The lowest BCUT2D eigenvalue weighted by molar-refractivity contribution is 0.201. The van der Waals surface area contributed by atoms with E-state index in [1.54, 1.807) is 6.33 Å². The summed E-state index contributed by atoms with van der Waals surface area (Å²) in [6, 6.07) is 0.341. The molecule has 0 aliphatic carbocycles. The van der Waals surface area contributed by atoms with Crippen molar-refractivity contribution < 1.29 is 0 Å². The van der Waals surface area contributed by atoms with E-state index in [1.165, 1.54) is 12.0 Å². The van der Waals surface area contributed by atoms with Crippen LogP contribution in [0.1, 0.15) is 18.4 Å². The Morgan fingerprint density at radius 1 is 1.40 bits per heavy atom. The number of rotatable bonds is 2. The van der Waals surface area contributed by atoms with Crippen LogP contribution >= 0.6 is 12.4 Å². The first-order valence-electron chi connectivity index (χ1n) is 5.06. The quantitative estimate of drug-likeness (QED) is 0.815. The Hall–Kier alpha value is -0.710. The first-order chi connectivity index (χ1) is 6.84. The Morgan fingerprint density at radius 3 is 2.80 bits per heavy atom. The normalized spacial score (nSPS) is 22.1. The fraction of sp³-hybridized carbons (Fsp3) is 0.600. The van der Waals surface area contributed by atoms with Crippen LogP contribution in [0.3, 0.4) is 0 Å². The summed E-state index contributed by atoms with van der Waals surface area (Å²) < 4.78 is 0. The highest BCUT2D eigenvalue weighted by Crippen LogP contribution is 2.11. The largest absolute Gasteiger partial charge is 0.327 e. The van der Waals surface area contributed by atoms with E-state index < -0.39 is 0 Å². The molecule has 1 saturated heterocycles. The van der Waals surface area contributed by atoms with Crippen LogP contribution in [-0.2, 0) is 6.54 Å². The molecule has 2 heterocycles. The lowest BCUT2D eigenvalue weighted by Gasteiger charge is -2.30. The number of nitrogens with two attached hydrogens (primary N) is 1. The van der Waals surface area contributed by atoms with Gasteiger partial charge in [0.05, 0.1) is 0 Å². The summed E-state index contributed by atoms with van der Waals surface area (Å²) in [7, 11) is 0. The molecule has 1 aliphatic heterocycles. The molecule has 0 amide bonds. The van der Waals surface area contributed by atoms with Crippen molar-refractivity contribution in [1.29, 1.82) is 0 Å². The number of aromatic nitrogens is 2. The van der Waals surface area contributed by atoms with Crippen molar-refractivity contribution in [2.24, 2.45) is 5.73 Å². The Bertz CT molecular complexity index is 280. The lowest BCUT2D eigenvalue weighted by Crippen LogP contribution is -2.42. The third-order valence-electron chi connectivity index (χ3n) is 2.56. The monoisotopic (exact) mass is 228 g/mol.